The molecule has 0 atom stereocenters. The van der Waals surface area contributed by atoms with Crippen LogP contribution in [0.15, 0.2) is 182 Å². The Balaban J connectivity index is 0.946. The van der Waals surface area contributed by atoms with E-state index in [1.807, 2.05) is 0 Å². The number of fused-ring (bicyclic) bond motifs is 9. The Morgan fingerprint density at radius 2 is 0.850 bits per heavy atom. The highest BCUT2D eigenvalue weighted by molar-refractivity contribution is 6.12. The van der Waals surface area contributed by atoms with Crippen LogP contribution in [0.2, 0.25) is 0 Å². The molecule has 286 valence electrons. The van der Waals surface area contributed by atoms with E-state index in [0.717, 1.165) is 23.7 Å². The van der Waals surface area contributed by atoms with Crippen LogP contribution >= 0.6 is 0 Å². The molecule has 4 saturated carbocycles. The summed E-state index contributed by atoms with van der Waals surface area (Å²) in [5.74, 6) is 3.41. The van der Waals surface area contributed by atoms with Crippen LogP contribution in [0.1, 0.15) is 43.2 Å². The van der Waals surface area contributed by atoms with Crippen LogP contribution < -0.4 is 0 Å². The summed E-state index contributed by atoms with van der Waals surface area (Å²) in [4.78, 5) is 0. The molecule has 2 heterocycles. The molecule has 5 aliphatic carbocycles. The largest absolute Gasteiger partial charge is 0.309 e. The van der Waals surface area contributed by atoms with Gasteiger partial charge in [-0.15, -0.1) is 0 Å². The average Bonchev–Trinajstić information content (AvgIpc) is 3.92. The molecular formula is C58H44N2. The van der Waals surface area contributed by atoms with Crippen molar-refractivity contribution in [1.29, 1.82) is 0 Å². The van der Waals surface area contributed by atoms with Crippen molar-refractivity contribution in [3.63, 3.8) is 0 Å². The summed E-state index contributed by atoms with van der Waals surface area (Å²) in [7, 11) is 0. The lowest BCUT2D eigenvalue weighted by Gasteiger charge is -2.61. The summed E-state index contributed by atoms with van der Waals surface area (Å²) >= 11 is 0. The van der Waals surface area contributed by atoms with Gasteiger partial charge in [-0.2, -0.15) is 0 Å². The first kappa shape index (κ1) is 33.2. The van der Waals surface area contributed by atoms with Gasteiger partial charge in [-0.1, -0.05) is 133 Å². The van der Waals surface area contributed by atoms with Gasteiger partial charge in [0.15, 0.2) is 0 Å². The van der Waals surface area contributed by atoms with E-state index in [4.69, 9.17) is 0 Å². The monoisotopic (exact) mass is 768 g/mol. The molecule has 0 radical (unpaired) electrons. The lowest BCUT2D eigenvalue weighted by Crippen LogP contribution is -2.55. The van der Waals surface area contributed by atoms with Crippen LogP contribution in [0.4, 0.5) is 0 Å². The van der Waals surface area contributed by atoms with Gasteiger partial charge in [0, 0.05) is 38.3 Å². The predicted molar refractivity (Wildman–Crippen MR) is 249 cm³/mol. The predicted octanol–water partition coefficient (Wildman–Crippen LogP) is 14.9. The normalized spacial score (nSPS) is 22.4. The second kappa shape index (κ2) is 12.2. The number of nitrogens with zero attached hydrogens (tertiary/aromatic N) is 2. The zero-order chi connectivity index (χ0) is 39.1. The van der Waals surface area contributed by atoms with E-state index in [1.54, 1.807) is 11.1 Å². The highest BCUT2D eigenvalue weighted by atomic mass is 15.0. The Morgan fingerprint density at radius 1 is 0.333 bits per heavy atom. The van der Waals surface area contributed by atoms with Gasteiger partial charge in [0.1, 0.15) is 0 Å². The molecule has 15 rings (SSSR count). The van der Waals surface area contributed by atoms with Crippen molar-refractivity contribution in [2.75, 3.05) is 0 Å². The molecule has 2 heteroatoms. The highest BCUT2D eigenvalue weighted by Crippen LogP contribution is 2.69. The topological polar surface area (TPSA) is 9.86 Å². The molecule has 0 saturated heterocycles. The Kier molecular flexibility index (Phi) is 6.76. The average molecular weight is 769 g/mol. The van der Waals surface area contributed by atoms with Crippen molar-refractivity contribution in [3.05, 3.63) is 193 Å². The van der Waals surface area contributed by atoms with Crippen LogP contribution in [-0.2, 0) is 5.41 Å². The van der Waals surface area contributed by atoms with E-state index < -0.39 is 0 Å². The number of para-hydroxylation sites is 2. The van der Waals surface area contributed by atoms with Crippen molar-refractivity contribution in [3.8, 4) is 44.8 Å². The maximum atomic E-state index is 2.57. The molecule has 0 amide bonds. The van der Waals surface area contributed by atoms with E-state index in [0.29, 0.717) is 0 Å². The first-order valence-electron chi connectivity index (χ1n) is 22.2. The maximum absolute atomic E-state index is 2.57. The summed E-state index contributed by atoms with van der Waals surface area (Å²) in [6.45, 7) is 0. The van der Waals surface area contributed by atoms with Gasteiger partial charge in [0.2, 0.25) is 0 Å². The fourth-order valence-electron chi connectivity index (χ4n) is 13.6. The minimum absolute atomic E-state index is 0.176. The van der Waals surface area contributed by atoms with Crippen molar-refractivity contribution >= 4 is 43.6 Å². The number of rotatable bonds is 4. The van der Waals surface area contributed by atoms with Crippen LogP contribution in [0, 0.1) is 23.7 Å². The molecule has 10 aromatic rings. The molecule has 4 fully saturated rings. The van der Waals surface area contributed by atoms with Crippen molar-refractivity contribution < 1.29 is 0 Å². The van der Waals surface area contributed by atoms with Gasteiger partial charge < -0.3 is 9.13 Å². The van der Waals surface area contributed by atoms with E-state index in [2.05, 4.69) is 191 Å². The van der Waals surface area contributed by atoms with Crippen molar-refractivity contribution in [2.24, 2.45) is 23.7 Å². The SMILES string of the molecule is c1ccc(-c2cccc(-n3c4ccccc4c4ccc(-c5ccc6c7ccccc7n(-c7ccc8c(c7)-c7ccccc7C87C8CC9CC(C8)CC7C9)c6c5)cc43)c2)cc1. The highest BCUT2D eigenvalue weighted by Gasteiger charge is 2.61. The smallest absolute Gasteiger partial charge is 0.0547 e. The first-order valence-corrected chi connectivity index (χ1v) is 22.2. The lowest BCUT2D eigenvalue weighted by atomic mass is 9.43. The summed E-state index contributed by atoms with van der Waals surface area (Å²) < 4.78 is 5.00. The fourth-order valence-corrected chi connectivity index (χ4v) is 13.6. The second-order valence-electron chi connectivity index (χ2n) is 18.5. The number of hydrogen-bond donors (Lipinski definition) is 0. The van der Waals surface area contributed by atoms with Crippen LogP contribution in [-0.4, -0.2) is 9.13 Å². The second-order valence-corrected chi connectivity index (χ2v) is 18.5. The Bertz CT molecular complexity index is 3370. The summed E-state index contributed by atoms with van der Waals surface area (Å²) in [5.41, 5.74) is 18.6. The third kappa shape index (κ3) is 4.44. The van der Waals surface area contributed by atoms with Crippen molar-refractivity contribution in [2.45, 2.75) is 37.5 Å². The third-order valence-corrected chi connectivity index (χ3v) is 15.7. The van der Waals surface area contributed by atoms with Crippen LogP contribution in [0.5, 0.6) is 0 Å². The molecule has 0 aliphatic heterocycles. The minimum atomic E-state index is 0.176. The molecule has 1 spiro atoms. The summed E-state index contributed by atoms with van der Waals surface area (Å²) in [6, 6.07) is 68.8. The number of hydrogen-bond acceptors (Lipinski definition) is 0. The Hall–Kier alpha value is -6.64. The van der Waals surface area contributed by atoms with E-state index >= 15 is 0 Å². The first-order chi connectivity index (χ1) is 29.7. The van der Waals surface area contributed by atoms with Gasteiger partial charge in [0.05, 0.1) is 22.1 Å². The van der Waals surface area contributed by atoms with Gasteiger partial charge in [0.25, 0.3) is 0 Å². The van der Waals surface area contributed by atoms with Gasteiger partial charge in [-0.05, 0) is 149 Å². The Labute approximate surface area is 350 Å². The quantitative estimate of drug-likeness (QED) is 0.169. The van der Waals surface area contributed by atoms with Gasteiger partial charge in [-0.3, -0.25) is 0 Å². The van der Waals surface area contributed by atoms with E-state index in [1.165, 1.54) is 120 Å². The van der Waals surface area contributed by atoms with Crippen LogP contribution in [0.25, 0.3) is 88.4 Å². The number of benzene rings is 8. The van der Waals surface area contributed by atoms with E-state index in [-0.39, 0.29) is 5.41 Å². The molecule has 5 aliphatic rings. The standard InChI is InChI=1S/C58H44N2/c1-2-11-38(12-3-1)39-13-10-14-44(32-39)59-54-19-8-5-16-47(54)49-24-21-40(33-56(49)59)41-22-25-50-48-17-6-9-20-55(48)60(57(50)34-41)45-23-26-53-51(35-45)46-15-4-7-18-52(46)58(53)42-28-36-27-37(30-42)31-43(58)29-36/h1-26,32-37,42-43H,27-31H2. The zero-order valence-electron chi connectivity index (χ0n) is 33.6. The molecule has 2 aromatic heterocycles. The number of aromatic nitrogens is 2. The van der Waals surface area contributed by atoms with Crippen molar-refractivity contribution in [1.82, 2.24) is 9.13 Å². The van der Waals surface area contributed by atoms with Gasteiger partial charge in [-0.25, -0.2) is 0 Å². The van der Waals surface area contributed by atoms with Crippen LogP contribution in [0.3, 0.4) is 0 Å². The van der Waals surface area contributed by atoms with E-state index in [9.17, 15) is 0 Å². The maximum Gasteiger partial charge on any atom is 0.0547 e. The summed E-state index contributed by atoms with van der Waals surface area (Å²) in [6.07, 6.45) is 7.11. The zero-order valence-corrected chi connectivity index (χ0v) is 33.6. The lowest BCUT2D eigenvalue weighted by molar-refractivity contribution is -0.0399. The molecule has 4 bridgehead atoms. The summed E-state index contributed by atoms with van der Waals surface area (Å²) in [5, 5.41) is 5.13. The molecule has 60 heavy (non-hydrogen) atoms. The molecule has 0 N–H and O–H groups in total. The minimum Gasteiger partial charge on any atom is -0.309 e. The Morgan fingerprint density at radius 3 is 1.52 bits per heavy atom. The molecule has 0 unspecified atom stereocenters. The molecular weight excluding hydrogens is 725 g/mol. The van der Waals surface area contributed by atoms with Gasteiger partial charge >= 0.3 is 0 Å². The third-order valence-electron chi connectivity index (χ3n) is 15.7. The molecule has 8 aromatic carbocycles. The molecule has 2 nitrogen and oxygen atoms in total. The fraction of sp³-hybridized carbons (Fsp3) is 0.172.